The van der Waals surface area contributed by atoms with Crippen LogP contribution in [-0.4, -0.2) is 202 Å². The van der Waals surface area contributed by atoms with Crippen molar-refractivity contribution in [2.45, 2.75) is 95.6 Å². The molecule has 2 saturated heterocycles. The number of halogens is 3. The van der Waals surface area contributed by atoms with Crippen LogP contribution < -0.4 is 30.2 Å². The molecule has 32 heteroatoms. The second kappa shape index (κ2) is 37.3. The van der Waals surface area contributed by atoms with Gasteiger partial charge < -0.3 is 80.4 Å². The summed E-state index contributed by atoms with van der Waals surface area (Å²) in [6.45, 7) is 9.03. The maximum absolute atomic E-state index is 12.8. The molecule has 3 aromatic heterocycles. The van der Waals surface area contributed by atoms with Crippen LogP contribution in [0.5, 0.6) is 34.9 Å². The Hall–Kier alpha value is -9.80. The van der Waals surface area contributed by atoms with Gasteiger partial charge in [-0.05, 0) is 214 Å². The smallest absolute Gasteiger partial charge is 0.269 e. The summed E-state index contributed by atoms with van der Waals surface area (Å²) in [6, 6.07) is 27.0. The first kappa shape index (κ1) is 79.7. The van der Waals surface area contributed by atoms with E-state index in [9.17, 15) is 54.3 Å². The zero-order chi connectivity index (χ0) is 77.5. The number of fused-ring (bicyclic) bond motifs is 6. The Labute approximate surface area is 658 Å². The van der Waals surface area contributed by atoms with Crippen LogP contribution in [0, 0.1) is 0 Å². The van der Waals surface area contributed by atoms with Gasteiger partial charge in [-0.25, -0.2) is 0 Å². The number of ether oxygens (including phenoxy) is 3. The van der Waals surface area contributed by atoms with Gasteiger partial charge in [0.2, 0.25) is 17.6 Å². The lowest BCUT2D eigenvalue weighted by Gasteiger charge is -2.29. The molecule has 8 heterocycles. The molecule has 11 N–H and O–H groups in total. The molecule has 0 aliphatic carbocycles. The molecule has 6 amide bonds. The van der Waals surface area contributed by atoms with Gasteiger partial charge in [0.15, 0.2) is 17.1 Å². The molecule has 29 nitrogen and oxygen atoms in total. The summed E-state index contributed by atoms with van der Waals surface area (Å²) in [7, 11) is 3.96. The summed E-state index contributed by atoms with van der Waals surface area (Å²) in [6.07, 6.45) is 8.67. The van der Waals surface area contributed by atoms with E-state index in [-0.39, 0.29) is 90.4 Å². The van der Waals surface area contributed by atoms with E-state index in [2.05, 4.69) is 124 Å². The second-order valence-corrected chi connectivity index (χ2v) is 30.3. The molecule has 9 aromatic rings. The lowest BCUT2D eigenvalue weighted by Crippen LogP contribution is -2.37. The average Bonchev–Trinajstić information content (AvgIpc) is 1.63. The van der Waals surface area contributed by atoms with E-state index in [4.69, 9.17) is 14.2 Å². The van der Waals surface area contributed by atoms with Crippen molar-refractivity contribution in [2.75, 3.05) is 99.4 Å². The highest BCUT2D eigenvalue weighted by Crippen LogP contribution is 2.44. The summed E-state index contributed by atoms with van der Waals surface area (Å²) in [4.78, 5) is 90.4. The van der Waals surface area contributed by atoms with Gasteiger partial charge >= 0.3 is 0 Å². The number of nitrogens with zero attached hydrogens (tertiary/aromatic N) is 9. The van der Waals surface area contributed by atoms with Gasteiger partial charge in [0.25, 0.3) is 35.4 Å². The maximum Gasteiger partial charge on any atom is 0.269 e. The Bertz CT molecular complexity index is 5010. The zero-order valence-corrected chi connectivity index (χ0v) is 65.5. The number of azo groups is 3. The summed E-state index contributed by atoms with van der Waals surface area (Å²) < 4.78 is 18.1. The number of likely N-dealkylation sites (tertiary alicyclic amines) is 2. The van der Waals surface area contributed by atoms with Crippen molar-refractivity contribution >= 4 is 133 Å². The van der Waals surface area contributed by atoms with Crippen molar-refractivity contribution in [3.8, 4) is 34.9 Å². The zero-order valence-electron chi connectivity index (χ0n) is 60.8. The topological polar surface area (TPSA) is 399 Å². The number of H-pyrrole nitrogens is 3. The number of aliphatic hydroxyl groups excluding tert-OH is 2. The number of benzene rings is 6. The quantitative estimate of drug-likeness (QED) is 0.0187. The first-order valence-electron chi connectivity index (χ1n) is 36.6. The third kappa shape index (κ3) is 20.4. The number of amides is 6. The van der Waals surface area contributed by atoms with Crippen molar-refractivity contribution in [3.05, 3.63) is 154 Å². The second-order valence-electron chi connectivity index (χ2n) is 27.8. The summed E-state index contributed by atoms with van der Waals surface area (Å²) in [5.74, 6) is -0.150. The highest BCUT2D eigenvalue weighted by Gasteiger charge is 2.26. The lowest BCUT2D eigenvalue weighted by molar-refractivity contribution is -0.118. The van der Waals surface area contributed by atoms with Crippen LogP contribution >= 0.6 is 47.8 Å². The molecule has 0 saturated carbocycles. The molecule has 5 aliphatic heterocycles. The number of aromatic amines is 3. The predicted molar refractivity (Wildman–Crippen MR) is 422 cm³/mol. The van der Waals surface area contributed by atoms with Crippen molar-refractivity contribution in [1.29, 1.82) is 0 Å². The van der Waals surface area contributed by atoms with Crippen LogP contribution in [0.2, 0.25) is 0 Å². The van der Waals surface area contributed by atoms with Gasteiger partial charge in [-0.3, -0.25) is 33.7 Å². The van der Waals surface area contributed by atoms with Crippen molar-refractivity contribution < 1.29 is 68.5 Å². The number of aromatic nitrogens is 3. The van der Waals surface area contributed by atoms with E-state index in [1.54, 1.807) is 36.4 Å². The number of hydrogen-bond acceptors (Lipinski definition) is 20. The van der Waals surface area contributed by atoms with E-state index in [0.717, 1.165) is 154 Å². The number of aromatic hydroxyl groups is 3. The minimum Gasteiger partial charge on any atom is -0.493 e. The fourth-order valence-electron chi connectivity index (χ4n) is 13.9. The van der Waals surface area contributed by atoms with E-state index in [1.165, 1.54) is 0 Å². The molecule has 110 heavy (non-hydrogen) atoms. The van der Waals surface area contributed by atoms with E-state index < -0.39 is 17.7 Å². The molecule has 0 unspecified atom stereocenters. The van der Waals surface area contributed by atoms with Crippen LogP contribution in [0.4, 0.5) is 17.1 Å². The third-order valence-corrected chi connectivity index (χ3v) is 21.4. The summed E-state index contributed by atoms with van der Waals surface area (Å²) in [5.41, 5.74) is 8.87. The first-order valence-corrected chi connectivity index (χ1v) is 38.9. The molecule has 0 bridgehead atoms. The van der Waals surface area contributed by atoms with Gasteiger partial charge in [-0.15, -0.1) is 30.7 Å². The monoisotopic (exact) mass is 1690 g/mol. The Kier molecular flexibility index (Phi) is 27.0. The maximum atomic E-state index is 12.8. The molecule has 5 aliphatic rings. The largest absolute Gasteiger partial charge is 0.493 e. The molecule has 1 atom stereocenters. The predicted octanol–water partition coefficient (Wildman–Crippen LogP) is 12.1. The molecule has 0 spiro atoms. The standard InChI is InChI=1S/2C27H30BrN5O5.C24H26BrN5O4/c28-20-14-18(26(36)29-7-1-8-33-9-4-19(34)5-10-33)15-21-24(20)25(27(37)30-21)32-31-23(35)13-16-2-3-22-17(12-16)6-11-38-22;28-20-13-18(26(36)29-7-2-9-33-8-1-3-19(33)15-34)14-21-24(20)25(27(37)30-21)32-31-23(35)12-16-4-5-22-17(11-16)6-10-38-22;1-30(2)8-3-7-26-23(32)16-12-17(25)21-18(13-16)27-24(33)22(21)29-28-20(31)11-14-4-5-19-15(10-14)6-9-34-19/h2-3,12,14-15,19,30,34,37H,1,4-11,13H2,(H,29,36);4-5,11,13-14,19,30,34,37H,1-3,6-10,12,15H2,(H,29,36);4-5,10,12-13,27,33H,3,6-9,11H2,1-2H3,(H,26,32)/t;19-;/m.1./s1. The minimum absolute atomic E-state index is 0.0871. The third-order valence-electron chi connectivity index (χ3n) is 19.5. The van der Waals surface area contributed by atoms with Gasteiger partial charge in [0.05, 0.1) is 68.3 Å². The number of hydrogen-bond donors (Lipinski definition) is 11. The van der Waals surface area contributed by atoms with Crippen molar-refractivity contribution in [1.82, 2.24) is 45.6 Å². The highest BCUT2D eigenvalue weighted by molar-refractivity contribution is 9.11. The highest BCUT2D eigenvalue weighted by atomic mass is 79.9. The number of piperidine rings is 1. The van der Waals surface area contributed by atoms with Gasteiger partial charge in [0.1, 0.15) is 17.2 Å². The number of carbonyl (C=O) groups excluding carboxylic acids is 6. The molecule has 0 radical (unpaired) electrons. The number of nitrogens with one attached hydrogen (secondary N) is 6. The van der Waals surface area contributed by atoms with Gasteiger partial charge in [-0.1, -0.05) is 36.4 Å². The minimum atomic E-state index is -0.441. The number of aliphatic hydroxyl groups is 2. The molecule has 578 valence electrons. The first-order chi connectivity index (χ1) is 53.1. The van der Waals surface area contributed by atoms with Gasteiger partial charge in [-0.2, -0.15) is 0 Å². The Balaban J connectivity index is 0.000000154. The SMILES string of the molecule is CN(C)CCCNC(=O)c1cc(Br)c2c(N=NC(=O)Cc3ccc4c(c3)CCO4)c(O)[nH]c2c1.O=C(Cc1ccc2c(c1)CCO2)N=Nc1c(O)[nH]c2cc(C(=O)NCCCN3CCC(O)CC3)cc(Br)c12.O=C(Cc1ccc2c(c1)CCO2)N=Nc1c(O)[nH]c2cc(C(=O)NCCCN3CCC[C@@H]3CO)cc(Br)c12. The fraction of sp³-hybridized carbons (Fsp3) is 0.385. The Morgan fingerprint density at radius 1 is 0.509 bits per heavy atom. The van der Waals surface area contributed by atoms with Gasteiger partial charge in [0, 0.05) is 111 Å². The molecular weight excluding hydrogens is 1610 g/mol. The number of rotatable bonds is 25. The average molecular weight is 1700 g/mol. The fourth-order valence-corrected chi connectivity index (χ4v) is 15.8. The van der Waals surface area contributed by atoms with E-state index >= 15 is 0 Å². The van der Waals surface area contributed by atoms with Crippen molar-refractivity contribution in [3.63, 3.8) is 0 Å². The lowest BCUT2D eigenvalue weighted by atomic mass is 10.1. The number of carbonyl (C=O) groups is 6. The molecule has 2 fully saturated rings. The van der Waals surface area contributed by atoms with Crippen LogP contribution in [-0.2, 0) is 52.9 Å². The van der Waals surface area contributed by atoms with Crippen LogP contribution in [0.15, 0.2) is 135 Å². The van der Waals surface area contributed by atoms with E-state index in [1.807, 2.05) is 68.7 Å². The molecule has 6 aromatic carbocycles. The van der Waals surface area contributed by atoms with Crippen LogP contribution in [0.25, 0.3) is 32.7 Å². The van der Waals surface area contributed by atoms with Crippen LogP contribution in [0.1, 0.15) is 109 Å². The Morgan fingerprint density at radius 3 is 1.25 bits per heavy atom. The summed E-state index contributed by atoms with van der Waals surface area (Å²) in [5, 5.41) is 84.1. The van der Waals surface area contributed by atoms with Crippen LogP contribution in [0.3, 0.4) is 0 Å². The normalized spacial score (nSPS) is 15.5. The van der Waals surface area contributed by atoms with E-state index in [0.29, 0.717) is 102 Å². The van der Waals surface area contributed by atoms with Crippen molar-refractivity contribution in [2.24, 2.45) is 30.7 Å². The molecular formula is C78H86Br3N15O14. The molecule has 14 rings (SSSR count). The Morgan fingerprint density at radius 2 is 0.882 bits per heavy atom. The summed E-state index contributed by atoms with van der Waals surface area (Å²) >= 11 is 10.4.